The van der Waals surface area contributed by atoms with Crippen molar-refractivity contribution < 1.29 is 8.42 Å². The molecule has 0 aliphatic heterocycles. The van der Waals surface area contributed by atoms with E-state index in [4.69, 9.17) is 16.7 Å². The van der Waals surface area contributed by atoms with E-state index in [-0.39, 0.29) is 0 Å². The molecule has 0 aliphatic rings. The van der Waals surface area contributed by atoms with Crippen molar-refractivity contribution in [1.29, 1.82) is 0 Å². The molecule has 0 atom stereocenters. The van der Waals surface area contributed by atoms with Gasteiger partial charge in [0.25, 0.3) is 0 Å². The van der Waals surface area contributed by atoms with Crippen LogP contribution in [0.5, 0.6) is 0 Å². The number of hydrogen-bond donors (Lipinski definition) is 1. The smallest absolute Gasteiger partial charge is 0.225 e. The molecule has 3 nitrogen and oxygen atoms in total. The quantitative estimate of drug-likeness (QED) is 0.818. The first-order valence-electron chi connectivity index (χ1n) is 3.44. The highest BCUT2D eigenvalue weighted by molar-refractivity contribution is 7.92. The van der Waals surface area contributed by atoms with Crippen molar-refractivity contribution in [2.45, 2.75) is 0 Å². The van der Waals surface area contributed by atoms with Crippen LogP contribution in [0, 0.1) is 0 Å². The number of benzene rings is 1. The van der Waals surface area contributed by atoms with Gasteiger partial charge in [-0.05, 0) is 17.7 Å². The van der Waals surface area contributed by atoms with Crippen LogP contribution in [-0.2, 0) is 10.0 Å². The van der Waals surface area contributed by atoms with Crippen molar-refractivity contribution in [2.24, 2.45) is 5.14 Å². The summed E-state index contributed by atoms with van der Waals surface area (Å²) < 4.78 is 21.1. The van der Waals surface area contributed by atoms with Crippen LogP contribution in [0.25, 0.3) is 6.08 Å². The lowest BCUT2D eigenvalue weighted by Gasteiger charge is -1.95. The molecule has 0 heterocycles. The van der Waals surface area contributed by atoms with Crippen molar-refractivity contribution in [3.05, 3.63) is 40.3 Å². The summed E-state index contributed by atoms with van der Waals surface area (Å²) in [6.45, 7) is 0. The Balaban J connectivity index is 3.00. The molecule has 0 fully saturated rings. The Morgan fingerprint density at radius 3 is 2.46 bits per heavy atom. The van der Waals surface area contributed by atoms with Gasteiger partial charge in [0.05, 0.1) is 0 Å². The zero-order valence-electron chi connectivity index (χ0n) is 6.64. The van der Waals surface area contributed by atoms with E-state index in [0.717, 1.165) is 5.41 Å². The van der Waals surface area contributed by atoms with Crippen molar-refractivity contribution in [3.8, 4) is 0 Å². The van der Waals surface area contributed by atoms with Crippen LogP contribution in [-0.4, -0.2) is 8.42 Å². The van der Waals surface area contributed by atoms with Gasteiger partial charge in [-0.25, -0.2) is 13.6 Å². The predicted molar refractivity (Wildman–Crippen MR) is 53.6 cm³/mol. The van der Waals surface area contributed by atoms with Crippen molar-refractivity contribution in [2.75, 3.05) is 0 Å². The minimum absolute atomic E-state index is 0.488. The average molecular weight is 218 g/mol. The Kier molecular flexibility index (Phi) is 3.08. The van der Waals surface area contributed by atoms with Gasteiger partial charge in [-0.2, -0.15) is 0 Å². The molecule has 1 aromatic rings. The average Bonchev–Trinajstić information content (AvgIpc) is 2.01. The largest absolute Gasteiger partial charge is 0.231 e. The highest BCUT2D eigenvalue weighted by atomic mass is 35.5. The second kappa shape index (κ2) is 3.91. The van der Waals surface area contributed by atoms with Crippen LogP contribution >= 0.6 is 11.6 Å². The van der Waals surface area contributed by atoms with Crippen LogP contribution < -0.4 is 5.14 Å². The zero-order chi connectivity index (χ0) is 9.90. The lowest BCUT2D eigenvalue weighted by atomic mass is 10.2. The second-order valence-corrected chi connectivity index (χ2v) is 4.27. The first-order chi connectivity index (χ1) is 5.99. The van der Waals surface area contributed by atoms with E-state index in [1.54, 1.807) is 24.3 Å². The van der Waals surface area contributed by atoms with Gasteiger partial charge in [0.2, 0.25) is 10.0 Å². The fourth-order valence-corrected chi connectivity index (χ4v) is 1.31. The number of sulfonamides is 1. The Hall–Kier alpha value is -0.840. The van der Waals surface area contributed by atoms with E-state index in [0.29, 0.717) is 10.6 Å². The molecule has 70 valence electrons. The van der Waals surface area contributed by atoms with Gasteiger partial charge < -0.3 is 0 Å². The lowest BCUT2D eigenvalue weighted by Crippen LogP contribution is -2.06. The van der Waals surface area contributed by atoms with Gasteiger partial charge in [-0.1, -0.05) is 29.8 Å². The fourth-order valence-electron chi connectivity index (χ4n) is 0.778. The number of rotatable bonds is 2. The molecule has 0 radical (unpaired) electrons. The maximum Gasteiger partial charge on any atom is 0.231 e. The molecule has 0 spiro atoms. The van der Waals surface area contributed by atoms with E-state index in [9.17, 15) is 8.42 Å². The van der Waals surface area contributed by atoms with Gasteiger partial charge in [-0.15, -0.1) is 0 Å². The molecular formula is C8H8ClNO2S. The Morgan fingerprint density at radius 1 is 1.31 bits per heavy atom. The molecule has 1 rings (SSSR count). The van der Waals surface area contributed by atoms with Crippen LogP contribution in [0.1, 0.15) is 5.56 Å². The third kappa shape index (κ3) is 3.59. The summed E-state index contributed by atoms with van der Waals surface area (Å²) in [4.78, 5) is 0. The third-order valence-corrected chi connectivity index (χ3v) is 2.20. The summed E-state index contributed by atoms with van der Waals surface area (Å²) in [7, 11) is -3.58. The van der Waals surface area contributed by atoms with Crippen molar-refractivity contribution in [1.82, 2.24) is 0 Å². The number of primary sulfonamides is 1. The molecule has 0 saturated heterocycles. The molecule has 0 bridgehead atoms. The lowest BCUT2D eigenvalue weighted by molar-refractivity contribution is 0.606. The van der Waals surface area contributed by atoms with E-state index in [1.165, 1.54) is 6.08 Å². The molecule has 0 saturated carbocycles. The number of halogens is 1. The minimum Gasteiger partial charge on any atom is -0.225 e. The highest BCUT2D eigenvalue weighted by Crippen LogP contribution is 2.16. The van der Waals surface area contributed by atoms with E-state index >= 15 is 0 Å². The van der Waals surface area contributed by atoms with Crippen LogP contribution in [0.2, 0.25) is 5.02 Å². The summed E-state index contributed by atoms with van der Waals surface area (Å²) in [5, 5.41) is 6.17. The van der Waals surface area contributed by atoms with Gasteiger partial charge in [-0.3, -0.25) is 0 Å². The summed E-state index contributed by atoms with van der Waals surface area (Å²) in [5.41, 5.74) is 0.623. The molecule has 5 heteroatoms. The molecular weight excluding hydrogens is 210 g/mol. The van der Waals surface area contributed by atoms with Gasteiger partial charge in [0.15, 0.2) is 0 Å². The second-order valence-electron chi connectivity index (χ2n) is 2.41. The Morgan fingerprint density at radius 2 is 1.92 bits per heavy atom. The molecule has 0 aromatic heterocycles. The summed E-state index contributed by atoms with van der Waals surface area (Å²) in [5.74, 6) is 0. The Bertz CT molecular complexity index is 426. The molecule has 1 aromatic carbocycles. The molecule has 0 unspecified atom stereocenters. The minimum atomic E-state index is -3.58. The van der Waals surface area contributed by atoms with Crippen molar-refractivity contribution >= 4 is 27.7 Å². The number of hydrogen-bond acceptors (Lipinski definition) is 2. The van der Waals surface area contributed by atoms with Crippen LogP contribution in [0.3, 0.4) is 0 Å². The van der Waals surface area contributed by atoms with Gasteiger partial charge >= 0.3 is 0 Å². The predicted octanol–water partition coefficient (Wildman–Crippen LogP) is 1.60. The van der Waals surface area contributed by atoms with Gasteiger partial charge in [0, 0.05) is 10.4 Å². The van der Waals surface area contributed by atoms with Crippen LogP contribution in [0.15, 0.2) is 29.7 Å². The standard InChI is InChI=1S/C8H8ClNO2S/c9-8-4-2-1-3-7(8)5-6-13(10,11)12/h1-6H,(H2,10,11,12)/b6-5+. The summed E-state index contributed by atoms with van der Waals surface area (Å²) in [6.07, 6.45) is 1.36. The maximum absolute atomic E-state index is 10.6. The number of nitrogens with two attached hydrogens (primary N) is 1. The van der Waals surface area contributed by atoms with Gasteiger partial charge in [0.1, 0.15) is 0 Å². The first-order valence-corrected chi connectivity index (χ1v) is 5.43. The fraction of sp³-hybridized carbons (Fsp3) is 0. The normalized spacial score (nSPS) is 12.2. The van der Waals surface area contributed by atoms with E-state index in [1.807, 2.05) is 0 Å². The van der Waals surface area contributed by atoms with E-state index in [2.05, 4.69) is 0 Å². The SMILES string of the molecule is NS(=O)(=O)/C=C/c1ccccc1Cl. The third-order valence-electron chi connectivity index (χ3n) is 1.34. The first kappa shape index (κ1) is 10.2. The monoisotopic (exact) mass is 217 g/mol. The van der Waals surface area contributed by atoms with Crippen LogP contribution in [0.4, 0.5) is 0 Å². The molecule has 2 N–H and O–H groups in total. The van der Waals surface area contributed by atoms with E-state index < -0.39 is 10.0 Å². The topological polar surface area (TPSA) is 60.2 Å². The molecule has 0 aliphatic carbocycles. The molecule has 0 amide bonds. The zero-order valence-corrected chi connectivity index (χ0v) is 8.22. The highest BCUT2D eigenvalue weighted by Gasteiger charge is 1.96. The maximum atomic E-state index is 10.6. The molecule has 13 heavy (non-hydrogen) atoms. The van der Waals surface area contributed by atoms with Crippen molar-refractivity contribution in [3.63, 3.8) is 0 Å². The Labute approximate surface area is 81.9 Å². The summed E-state index contributed by atoms with van der Waals surface area (Å²) >= 11 is 5.77. The summed E-state index contributed by atoms with van der Waals surface area (Å²) in [6, 6.07) is 6.89.